The van der Waals surface area contributed by atoms with Crippen LogP contribution in [0.4, 0.5) is 0 Å². The number of carbonyl (C=O) groups excluding carboxylic acids is 1. The minimum Gasteiger partial charge on any atom is -0.465 e. The van der Waals surface area contributed by atoms with Crippen LogP contribution in [0.1, 0.15) is 57.2 Å². The molecule has 0 bridgehead atoms. The van der Waals surface area contributed by atoms with Gasteiger partial charge in [-0.25, -0.2) is 0 Å². The molecule has 0 aliphatic rings. The second-order valence-corrected chi connectivity index (χ2v) is 11.9. The van der Waals surface area contributed by atoms with Crippen LogP contribution in [0.5, 0.6) is 5.75 Å². The van der Waals surface area contributed by atoms with Crippen molar-refractivity contribution in [3.05, 3.63) is 77.4 Å². The van der Waals surface area contributed by atoms with Crippen LogP contribution in [0.2, 0.25) is 0 Å². The van der Waals surface area contributed by atoms with Gasteiger partial charge in [-0.05, 0) is 54.7 Å². The third-order valence-electron chi connectivity index (χ3n) is 6.05. The lowest BCUT2D eigenvalue weighted by molar-refractivity contribution is -0.142. The van der Waals surface area contributed by atoms with Gasteiger partial charge < -0.3 is 8.92 Å². The predicted molar refractivity (Wildman–Crippen MR) is 146 cm³/mol. The van der Waals surface area contributed by atoms with Crippen LogP contribution in [0, 0.1) is 6.92 Å². The van der Waals surface area contributed by atoms with Crippen molar-refractivity contribution in [1.29, 1.82) is 0 Å². The highest BCUT2D eigenvalue weighted by atomic mass is 32.2. The summed E-state index contributed by atoms with van der Waals surface area (Å²) in [5.41, 5.74) is 3.24. The second-order valence-electron chi connectivity index (χ2n) is 10.3. The lowest BCUT2D eigenvalue weighted by Gasteiger charge is -2.25. The van der Waals surface area contributed by atoms with Crippen LogP contribution in [0.3, 0.4) is 0 Å². The van der Waals surface area contributed by atoms with Gasteiger partial charge in [0, 0.05) is 5.56 Å². The number of esters is 1. The van der Waals surface area contributed by atoms with Crippen molar-refractivity contribution in [2.24, 2.45) is 0 Å². The van der Waals surface area contributed by atoms with E-state index in [1.807, 2.05) is 58.9 Å². The zero-order chi connectivity index (χ0) is 27.5. The average molecular weight is 536 g/mol. The zero-order valence-electron chi connectivity index (χ0n) is 22.4. The molecule has 0 N–H and O–H groups in total. The van der Waals surface area contributed by atoms with Crippen molar-refractivity contribution in [2.75, 3.05) is 6.61 Å². The van der Waals surface area contributed by atoms with Crippen molar-refractivity contribution in [3.8, 4) is 11.4 Å². The van der Waals surface area contributed by atoms with Crippen molar-refractivity contribution in [1.82, 2.24) is 15.0 Å². The average Bonchev–Trinajstić information content (AvgIpc) is 3.28. The van der Waals surface area contributed by atoms with E-state index in [1.165, 1.54) is 16.9 Å². The summed E-state index contributed by atoms with van der Waals surface area (Å²) < 4.78 is 38.1. The molecule has 9 heteroatoms. The van der Waals surface area contributed by atoms with Gasteiger partial charge in [0.1, 0.15) is 21.6 Å². The maximum atomic E-state index is 13.4. The smallest absolute Gasteiger partial charge is 0.339 e. The van der Waals surface area contributed by atoms with Gasteiger partial charge in [-0.3, -0.25) is 4.79 Å². The highest BCUT2D eigenvalue weighted by Gasteiger charge is 2.29. The highest BCUT2D eigenvalue weighted by molar-refractivity contribution is 7.87. The first-order chi connectivity index (χ1) is 18.0. The molecule has 200 valence electrons. The van der Waals surface area contributed by atoms with E-state index < -0.39 is 15.5 Å². The lowest BCUT2D eigenvalue weighted by Crippen LogP contribution is -2.20. The maximum absolute atomic E-state index is 13.4. The number of aryl methyl sites for hydroxylation is 1. The van der Waals surface area contributed by atoms with Gasteiger partial charge in [0.25, 0.3) is 0 Å². The minimum absolute atomic E-state index is 0.0194. The van der Waals surface area contributed by atoms with Crippen LogP contribution in [-0.4, -0.2) is 36.0 Å². The monoisotopic (exact) mass is 535 g/mol. The quantitative estimate of drug-likeness (QED) is 0.154. The van der Waals surface area contributed by atoms with E-state index in [2.05, 4.69) is 10.2 Å². The van der Waals surface area contributed by atoms with Gasteiger partial charge >= 0.3 is 16.1 Å². The molecule has 1 heterocycles. The molecule has 0 atom stereocenters. The molecule has 0 fully saturated rings. The van der Waals surface area contributed by atoms with E-state index in [1.54, 1.807) is 24.3 Å². The Hall–Kier alpha value is -3.72. The molecule has 0 radical (unpaired) electrons. The number of nitrogens with zero attached hydrogens (tertiary/aromatic N) is 3. The Morgan fingerprint density at radius 1 is 0.974 bits per heavy atom. The van der Waals surface area contributed by atoms with E-state index in [9.17, 15) is 13.2 Å². The SMILES string of the molecule is CCCCOC(=O)Cc1cc(-n2nc3ccccc3n2)c(OS(=O)(=O)c2ccc(C)cc2)c(C(C)(C)C)c1. The molecule has 0 unspecified atom stereocenters. The summed E-state index contributed by atoms with van der Waals surface area (Å²) >= 11 is 0. The summed E-state index contributed by atoms with van der Waals surface area (Å²) in [4.78, 5) is 14.0. The van der Waals surface area contributed by atoms with E-state index >= 15 is 0 Å². The maximum Gasteiger partial charge on any atom is 0.339 e. The fourth-order valence-electron chi connectivity index (χ4n) is 3.95. The standard InChI is InChI=1S/C29H33N3O5S/c1-6-7-16-36-27(33)19-21-17-23(29(3,4)5)28(37-38(34,35)22-14-12-20(2)13-15-22)26(18-21)32-30-24-10-8-9-11-25(24)31-32/h8-15,17-18H,6-7,16,19H2,1-5H3. The Labute approximate surface area is 223 Å². The molecule has 38 heavy (non-hydrogen) atoms. The first-order valence-corrected chi connectivity index (χ1v) is 14.1. The summed E-state index contributed by atoms with van der Waals surface area (Å²) in [6, 6.07) is 17.3. The van der Waals surface area contributed by atoms with Gasteiger partial charge in [0.15, 0.2) is 5.75 Å². The Morgan fingerprint density at radius 2 is 1.61 bits per heavy atom. The fourth-order valence-corrected chi connectivity index (χ4v) is 4.91. The molecule has 4 rings (SSSR count). The van der Waals surface area contributed by atoms with E-state index in [0.717, 1.165) is 18.4 Å². The third kappa shape index (κ3) is 6.22. The van der Waals surface area contributed by atoms with Crippen LogP contribution in [0.15, 0.2) is 65.6 Å². The molecule has 1 aromatic heterocycles. The van der Waals surface area contributed by atoms with Crippen LogP contribution >= 0.6 is 0 Å². The normalized spacial score (nSPS) is 12.0. The van der Waals surface area contributed by atoms with Gasteiger partial charge in [0.05, 0.1) is 13.0 Å². The van der Waals surface area contributed by atoms with Crippen LogP contribution in [-0.2, 0) is 31.5 Å². The highest BCUT2D eigenvalue weighted by Crippen LogP contribution is 2.39. The number of ether oxygens (including phenoxy) is 1. The summed E-state index contributed by atoms with van der Waals surface area (Å²) in [6.45, 7) is 10.1. The second kappa shape index (κ2) is 10.9. The van der Waals surface area contributed by atoms with E-state index in [-0.39, 0.29) is 23.0 Å². The molecule has 0 amide bonds. The number of hydrogen-bond acceptors (Lipinski definition) is 7. The molecule has 8 nitrogen and oxygen atoms in total. The molecular weight excluding hydrogens is 502 g/mol. The Kier molecular flexibility index (Phi) is 7.87. The number of carbonyl (C=O) groups is 1. The Bertz CT molecular complexity index is 1520. The molecule has 4 aromatic rings. The van der Waals surface area contributed by atoms with Crippen LogP contribution < -0.4 is 4.18 Å². The first-order valence-electron chi connectivity index (χ1n) is 12.6. The van der Waals surface area contributed by atoms with Crippen LogP contribution in [0.25, 0.3) is 16.7 Å². The molecule has 0 aliphatic carbocycles. The summed E-state index contributed by atoms with van der Waals surface area (Å²) in [5.74, 6) is -0.245. The number of fused-ring (bicyclic) bond motifs is 1. The zero-order valence-corrected chi connectivity index (χ0v) is 23.2. The predicted octanol–water partition coefficient (Wildman–Crippen LogP) is 5.68. The summed E-state index contributed by atoms with van der Waals surface area (Å²) in [5, 5.41) is 9.15. The first kappa shape index (κ1) is 27.3. The minimum atomic E-state index is -4.18. The molecule has 0 saturated heterocycles. The van der Waals surface area contributed by atoms with Gasteiger partial charge in [-0.1, -0.05) is 70.0 Å². The number of benzene rings is 3. The largest absolute Gasteiger partial charge is 0.465 e. The number of unbranched alkanes of at least 4 members (excludes halogenated alkanes) is 1. The van der Waals surface area contributed by atoms with E-state index in [0.29, 0.717) is 34.5 Å². The topological polar surface area (TPSA) is 100 Å². The van der Waals surface area contributed by atoms with Crippen molar-refractivity contribution in [3.63, 3.8) is 0 Å². The van der Waals surface area contributed by atoms with Crippen molar-refractivity contribution < 1.29 is 22.1 Å². The summed E-state index contributed by atoms with van der Waals surface area (Å²) in [7, 11) is -4.18. The number of hydrogen-bond donors (Lipinski definition) is 0. The Balaban J connectivity index is 1.87. The molecule has 0 aliphatic heterocycles. The number of rotatable bonds is 9. The van der Waals surface area contributed by atoms with Gasteiger partial charge in [0.2, 0.25) is 0 Å². The van der Waals surface area contributed by atoms with Crippen molar-refractivity contribution >= 4 is 27.1 Å². The molecule has 3 aromatic carbocycles. The van der Waals surface area contributed by atoms with Crippen molar-refractivity contribution in [2.45, 2.75) is 64.2 Å². The fraction of sp³-hybridized carbons (Fsp3) is 0.345. The van der Waals surface area contributed by atoms with Gasteiger partial charge in [-0.2, -0.15) is 8.42 Å². The van der Waals surface area contributed by atoms with Gasteiger partial charge in [-0.15, -0.1) is 15.0 Å². The summed E-state index contributed by atoms with van der Waals surface area (Å²) in [6.07, 6.45) is 1.73. The molecule has 0 saturated carbocycles. The lowest BCUT2D eigenvalue weighted by atomic mass is 9.84. The Morgan fingerprint density at radius 3 is 2.18 bits per heavy atom. The molecule has 0 spiro atoms. The number of aromatic nitrogens is 3. The molecular formula is C29H33N3O5S. The third-order valence-corrected chi connectivity index (χ3v) is 7.29. The van der Waals surface area contributed by atoms with E-state index in [4.69, 9.17) is 8.92 Å².